The summed E-state index contributed by atoms with van der Waals surface area (Å²) < 4.78 is 50.4. The molecule has 0 saturated heterocycles. The Morgan fingerprint density at radius 1 is 1.03 bits per heavy atom. The number of rotatable bonds is 9. The number of urea groups is 1. The van der Waals surface area contributed by atoms with Gasteiger partial charge in [-0.2, -0.15) is 13.2 Å². The predicted molar refractivity (Wildman–Crippen MR) is 129 cm³/mol. The van der Waals surface area contributed by atoms with E-state index in [1.54, 1.807) is 53.7 Å². The van der Waals surface area contributed by atoms with Crippen molar-refractivity contribution in [2.75, 3.05) is 18.1 Å². The summed E-state index contributed by atoms with van der Waals surface area (Å²) in [6.07, 6.45) is -4.22. The molecule has 0 saturated carbocycles. The van der Waals surface area contributed by atoms with Crippen LogP contribution in [0, 0.1) is 13.8 Å². The number of aryl methyl sites for hydroxylation is 2. The summed E-state index contributed by atoms with van der Waals surface area (Å²) in [4.78, 5) is 39.1. The van der Waals surface area contributed by atoms with Crippen molar-refractivity contribution < 1.29 is 37.0 Å². The minimum atomic E-state index is -4.57. The molecule has 2 aromatic carbocycles. The molecule has 0 N–H and O–H groups in total. The summed E-state index contributed by atoms with van der Waals surface area (Å²) in [5.41, 5.74) is -0.147. The van der Waals surface area contributed by atoms with Crippen LogP contribution in [0.15, 0.2) is 36.4 Å². The number of ether oxygens (including phenoxy) is 2. The maximum absolute atomic E-state index is 13.1. The Labute approximate surface area is 208 Å². The van der Waals surface area contributed by atoms with Crippen LogP contribution < -0.4 is 9.64 Å². The second-order valence-corrected chi connectivity index (χ2v) is 8.70. The highest BCUT2D eigenvalue weighted by atomic mass is 19.4. The smallest absolute Gasteiger partial charge is 0.416 e. The molecule has 0 aliphatic heterocycles. The van der Waals surface area contributed by atoms with Gasteiger partial charge in [0.15, 0.2) is 5.60 Å². The van der Waals surface area contributed by atoms with Crippen molar-refractivity contribution >= 4 is 24.1 Å². The fourth-order valence-corrected chi connectivity index (χ4v) is 3.67. The van der Waals surface area contributed by atoms with Crippen LogP contribution >= 0.6 is 0 Å². The molecule has 0 aromatic heterocycles. The van der Waals surface area contributed by atoms with Gasteiger partial charge in [-0.1, -0.05) is 18.2 Å². The molecule has 2 aromatic rings. The topological polar surface area (TPSA) is 76.1 Å². The number of hydrogen-bond donors (Lipinski definition) is 0. The first-order valence-corrected chi connectivity index (χ1v) is 11.4. The minimum Gasteiger partial charge on any atom is -0.476 e. The van der Waals surface area contributed by atoms with Crippen LogP contribution in [-0.4, -0.2) is 42.1 Å². The Balaban J connectivity index is 2.29. The Kier molecular flexibility index (Phi) is 9.12. The number of anilines is 1. The summed E-state index contributed by atoms with van der Waals surface area (Å²) in [6, 6.07) is 7.05. The number of halogens is 3. The third kappa shape index (κ3) is 6.77. The Hall–Kier alpha value is -3.56. The lowest BCUT2D eigenvalue weighted by molar-refractivity contribution is -0.158. The van der Waals surface area contributed by atoms with Gasteiger partial charge in [0.25, 0.3) is 0 Å². The van der Waals surface area contributed by atoms with E-state index in [2.05, 4.69) is 0 Å². The molecular weight excluding hydrogens is 477 g/mol. The molecular formula is C26H31F3N2O5. The molecule has 0 atom stereocenters. The normalized spacial score (nSPS) is 11.6. The van der Waals surface area contributed by atoms with E-state index in [1.807, 2.05) is 0 Å². The van der Waals surface area contributed by atoms with E-state index in [0.29, 0.717) is 28.8 Å². The number of carbonyl (C=O) groups excluding carboxylic acids is 3. The van der Waals surface area contributed by atoms with E-state index in [4.69, 9.17) is 9.47 Å². The maximum atomic E-state index is 13.1. The number of nitrogens with zero attached hydrogens (tertiary/aromatic N) is 2. The van der Waals surface area contributed by atoms with Crippen molar-refractivity contribution in [2.24, 2.45) is 0 Å². The van der Waals surface area contributed by atoms with Gasteiger partial charge >= 0.3 is 18.2 Å². The lowest BCUT2D eigenvalue weighted by Gasteiger charge is -2.28. The molecule has 0 heterocycles. The van der Waals surface area contributed by atoms with Gasteiger partial charge in [-0.25, -0.2) is 9.59 Å². The first-order valence-electron chi connectivity index (χ1n) is 11.4. The monoisotopic (exact) mass is 508 g/mol. The summed E-state index contributed by atoms with van der Waals surface area (Å²) in [5, 5.41) is 0. The van der Waals surface area contributed by atoms with Crippen LogP contribution in [0.5, 0.6) is 5.75 Å². The van der Waals surface area contributed by atoms with Gasteiger partial charge in [0.05, 0.1) is 18.7 Å². The van der Waals surface area contributed by atoms with Crippen LogP contribution in [-0.2, 0) is 27.0 Å². The first kappa shape index (κ1) is 28.7. The molecule has 7 nitrogen and oxygen atoms in total. The van der Waals surface area contributed by atoms with Gasteiger partial charge in [-0.15, -0.1) is 0 Å². The van der Waals surface area contributed by atoms with Gasteiger partial charge in [-0.3, -0.25) is 14.6 Å². The van der Waals surface area contributed by atoms with E-state index >= 15 is 0 Å². The zero-order valence-corrected chi connectivity index (χ0v) is 21.2. The quantitative estimate of drug-likeness (QED) is 0.323. The van der Waals surface area contributed by atoms with Gasteiger partial charge in [-0.05, 0) is 76.4 Å². The van der Waals surface area contributed by atoms with E-state index in [1.165, 1.54) is 12.1 Å². The third-order valence-corrected chi connectivity index (χ3v) is 5.40. The Morgan fingerprint density at radius 3 is 2.14 bits per heavy atom. The van der Waals surface area contributed by atoms with Crippen molar-refractivity contribution in [3.63, 3.8) is 0 Å². The zero-order valence-electron chi connectivity index (χ0n) is 21.2. The minimum absolute atomic E-state index is 0.0291. The summed E-state index contributed by atoms with van der Waals surface area (Å²) in [7, 11) is 0. The molecule has 196 valence electrons. The van der Waals surface area contributed by atoms with Gasteiger partial charge in [0.2, 0.25) is 6.41 Å². The second-order valence-electron chi connectivity index (χ2n) is 8.70. The lowest BCUT2D eigenvalue weighted by Crippen LogP contribution is -2.42. The summed E-state index contributed by atoms with van der Waals surface area (Å²) in [5.74, 6) is -0.0419. The molecule has 10 heteroatoms. The SMILES string of the molecule is CCOC(=O)C(C)(C)Oc1c(C)cc(CN(C=O)C(=O)N(CC)c2cccc(C(F)(F)F)c2)cc1C. The van der Waals surface area contributed by atoms with Crippen molar-refractivity contribution in [1.29, 1.82) is 0 Å². The van der Waals surface area contributed by atoms with Gasteiger partial charge < -0.3 is 9.47 Å². The number of benzene rings is 2. The first-order chi connectivity index (χ1) is 16.7. The van der Waals surface area contributed by atoms with Gasteiger partial charge in [0, 0.05) is 12.2 Å². The molecule has 0 bridgehead atoms. The number of carbonyl (C=O) groups is 3. The predicted octanol–water partition coefficient (Wildman–Crippen LogP) is 5.65. The van der Waals surface area contributed by atoms with E-state index < -0.39 is 29.3 Å². The molecule has 0 spiro atoms. The average molecular weight is 509 g/mol. The Bertz CT molecular complexity index is 1090. The molecule has 0 aliphatic carbocycles. The molecule has 3 amide bonds. The van der Waals surface area contributed by atoms with Crippen LogP contribution in [0.1, 0.15) is 49.9 Å². The standard InChI is InChI=1S/C26H31F3N2O5/c1-7-31(21-11-9-10-20(14-21)26(27,28)29)24(34)30(16-32)15-19-12-17(3)22(18(4)13-19)36-25(5,6)23(33)35-8-2/h9-14,16H,7-8,15H2,1-6H3. The number of amides is 3. The molecule has 2 rings (SSSR count). The van der Waals surface area contributed by atoms with E-state index in [9.17, 15) is 27.6 Å². The van der Waals surface area contributed by atoms with Crippen molar-refractivity contribution in [2.45, 2.75) is 59.9 Å². The highest BCUT2D eigenvalue weighted by molar-refractivity contribution is 5.97. The molecule has 0 aliphatic rings. The van der Waals surface area contributed by atoms with Crippen molar-refractivity contribution in [1.82, 2.24) is 4.90 Å². The maximum Gasteiger partial charge on any atom is 0.416 e. The molecule has 0 radical (unpaired) electrons. The second kappa shape index (κ2) is 11.5. The van der Waals surface area contributed by atoms with E-state index in [0.717, 1.165) is 21.9 Å². The number of imide groups is 1. The van der Waals surface area contributed by atoms with E-state index in [-0.39, 0.29) is 25.4 Å². The third-order valence-electron chi connectivity index (χ3n) is 5.40. The number of alkyl halides is 3. The highest BCUT2D eigenvalue weighted by Crippen LogP contribution is 2.32. The molecule has 36 heavy (non-hydrogen) atoms. The number of esters is 1. The van der Waals surface area contributed by atoms with Crippen molar-refractivity contribution in [3.8, 4) is 5.75 Å². The number of hydrogen-bond acceptors (Lipinski definition) is 5. The van der Waals surface area contributed by atoms with Crippen LogP contribution in [0.2, 0.25) is 0 Å². The zero-order chi connectivity index (χ0) is 27.3. The fourth-order valence-electron chi connectivity index (χ4n) is 3.67. The summed E-state index contributed by atoms with van der Waals surface area (Å²) in [6.45, 7) is 10.2. The lowest BCUT2D eigenvalue weighted by atomic mass is 10.0. The fraction of sp³-hybridized carbons (Fsp3) is 0.423. The van der Waals surface area contributed by atoms with Crippen LogP contribution in [0.4, 0.5) is 23.7 Å². The Morgan fingerprint density at radius 2 is 1.64 bits per heavy atom. The molecule has 0 unspecified atom stereocenters. The largest absolute Gasteiger partial charge is 0.476 e. The average Bonchev–Trinajstić information content (AvgIpc) is 2.80. The van der Waals surface area contributed by atoms with Gasteiger partial charge in [0.1, 0.15) is 5.75 Å². The van der Waals surface area contributed by atoms with Crippen molar-refractivity contribution in [3.05, 3.63) is 58.7 Å². The van der Waals surface area contributed by atoms with Crippen LogP contribution in [0.25, 0.3) is 0 Å². The summed E-state index contributed by atoms with van der Waals surface area (Å²) >= 11 is 0. The molecule has 0 fully saturated rings. The highest BCUT2D eigenvalue weighted by Gasteiger charge is 2.33. The van der Waals surface area contributed by atoms with Crippen LogP contribution in [0.3, 0.4) is 0 Å².